The summed E-state index contributed by atoms with van der Waals surface area (Å²) in [6, 6.07) is 0. The molecule has 3 unspecified atom stereocenters. The minimum Gasteiger partial charge on any atom is -0.462 e. The lowest BCUT2D eigenvalue weighted by Crippen LogP contribution is -2.72. The number of carbonyl (C=O) groups is 2. The van der Waals surface area contributed by atoms with Gasteiger partial charge in [0.25, 0.3) is 0 Å². The summed E-state index contributed by atoms with van der Waals surface area (Å²) in [6.07, 6.45) is 8.32. The monoisotopic (exact) mass is 1410 g/mol. The van der Waals surface area contributed by atoms with Crippen LogP contribution in [0.2, 0.25) is 0 Å². The van der Waals surface area contributed by atoms with Crippen LogP contribution < -0.4 is 0 Å². The van der Waals surface area contributed by atoms with E-state index in [9.17, 15) is 30.0 Å². The van der Waals surface area contributed by atoms with Gasteiger partial charge in [-0.2, -0.15) is 0 Å². The van der Waals surface area contributed by atoms with Gasteiger partial charge >= 0.3 is 11.9 Å². The number of carbonyl (C=O) groups excluding carboxylic acids is 2. The molecule has 0 saturated heterocycles. The molecular formula is C89H208O8. The average molecular weight is 1410 g/mol. The first kappa shape index (κ1) is 149. The molecule has 12 atom stereocenters. The Morgan fingerprint density at radius 3 is 1.07 bits per heavy atom. The van der Waals surface area contributed by atoms with Gasteiger partial charge in [-0.05, 0) is 107 Å². The van der Waals surface area contributed by atoms with Gasteiger partial charge in [-0.25, -0.2) is 9.59 Å². The van der Waals surface area contributed by atoms with E-state index in [1.807, 2.05) is 339 Å². The quantitative estimate of drug-likeness (QED) is 0.117. The number of fused-ring (bicyclic) bond motifs is 7. The third-order valence-electron chi connectivity index (χ3n) is 15.4. The van der Waals surface area contributed by atoms with Gasteiger partial charge < -0.3 is 29.9 Å². The summed E-state index contributed by atoms with van der Waals surface area (Å²) in [7, 11) is 0. The van der Waals surface area contributed by atoms with E-state index in [0.29, 0.717) is 30.4 Å². The lowest BCUT2D eigenvalue weighted by Gasteiger charge is -2.72. The number of hydrogen-bond acceptors (Lipinski definition) is 8. The first-order valence-electron chi connectivity index (χ1n) is 42.7. The molecule has 0 aliphatic heterocycles. The summed E-state index contributed by atoms with van der Waals surface area (Å²) in [5.41, 5.74) is -0.994. The number of aliphatic hydroxyl groups excluding tert-OH is 4. The van der Waals surface area contributed by atoms with Gasteiger partial charge in [0, 0.05) is 22.0 Å². The molecule has 8 nitrogen and oxygen atoms in total. The Balaban J connectivity index is -0.0000000567. The SMILES string of the molecule is C/C=C(\C)C(=O)OC[C@]1(C)C2CC[C@]3(C)C(CC=C4C5CC(C)(C)[C@@H](OC(=O)/C(C)=C/C)[C@H](O)[C@]5(CO)[C@H](O)C[C@]43C)[C@@]2(C)CC[C@@H]1O.CC.CC.CC.CC.CC.CC.CC.CC.CC.CC.CC.CC.CC.CC.CC.CC.CC.CC.CC.CC.CC.CC.CC.CCC. The molecule has 4 N–H and O–H groups in total. The maximum Gasteiger partial charge on any atom is 0.333 e. The van der Waals surface area contributed by atoms with Crippen molar-refractivity contribution in [2.24, 2.45) is 50.2 Å². The lowest BCUT2D eigenvalue weighted by molar-refractivity contribution is -0.262. The van der Waals surface area contributed by atoms with Crippen molar-refractivity contribution in [3.05, 3.63) is 34.9 Å². The summed E-state index contributed by atoms with van der Waals surface area (Å²) in [5.74, 6) is -0.738. The van der Waals surface area contributed by atoms with Crippen LogP contribution in [0.5, 0.6) is 0 Å². The number of hydrogen-bond donors (Lipinski definition) is 4. The first-order valence-corrected chi connectivity index (χ1v) is 42.7. The van der Waals surface area contributed by atoms with Gasteiger partial charge in [0.2, 0.25) is 0 Å². The van der Waals surface area contributed by atoms with Crippen LogP contribution in [0.25, 0.3) is 0 Å². The topological polar surface area (TPSA) is 134 Å². The summed E-state index contributed by atoms with van der Waals surface area (Å²) in [4.78, 5) is 25.6. The van der Waals surface area contributed by atoms with Gasteiger partial charge in [-0.15, -0.1) is 0 Å². The van der Waals surface area contributed by atoms with Gasteiger partial charge in [0.1, 0.15) is 12.2 Å². The Morgan fingerprint density at radius 2 is 0.773 bits per heavy atom. The van der Waals surface area contributed by atoms with Crippen LogP contribution in [0, 0.1) is 50.2 Å². The molecule has 0 aromatic heterocycles. The van der Waals surface area contributed by atoms with Crippen LogP contribution in [-0.4, -0.2) is 70.0 Å². The Hall–Kier alpha value is -2.00. The van der Waals surface area contributed by atoms with E-state index in [4.69, 9.17) is 9.47 Å². The highest BCUT2D eigenvalue weighted by Crippen LogP contribution is 2.76. The van der Waals surface area contributed by atoms with Crippen molar-refractivity contribution in [1.82, 2.24) is 0 Å². The lowest BCUT2D eigenvalue weighted by atomic mass is 9.33. The molecule has 5 rings (SSSR count). The molecule has 0 bridgehead atoms. The van der Waals surface area contributed by atoms with Crippen molar-refractivity contribution >= 4 is 11.9 Å². The zero-order chi connectivity index (χ0) is 84.5. The second-order valence-electron chi connectivity index (χ2n) is 18.6. The van der Waals surface area contributed by atoms with E-state index < -0.39 is 58.7 Å². The Kier molecular flexibility index (Phi) is 173. The standard InChI is InChI=1S/C40H62O8.C3H8.23C2H6/c1-11-23(3)33(45)47-22-37(8)27-15-18-38(9)28(36(27,7)17-16-29(37)42)14-13-25-26-19-35(5,6)32(48-34(46)24(4)12-2)31(44)40(26,21-41)30(43)20-39(25,38)10;1-3-2;23*1-2/h11-13,26-32,41-44H,14-22H2,1-10H3;3H2,1-2H3;23*1-2H3/b23-11+,24-12+;;;;;;;;;;;;;;;;;;;;;;;;/t26?,27?,28?,29-,30+,31-,32-,36-,37+,38+,39+,40-;;;;;;;;;;;;;;;;;;;;;;;;/m0......................../s1. The maximum atomic E-state index is 12.9. The Labute approximate surface area is 624 Å². The van der Waals surface area contributed by atoms with Gasteiger partial charge in [-0.3, -0.25) is 0 Å². The average Bonchev–Trinajstić information content (AvgIpc) is 0.674. The number of ether oxygens (including phenoxy) is 2. The van der Waals surface area contributed by atoms with E-state index in [2.05, 4.69) is 47.6 Å². The van der Waals surface area contributed by atoms with E-state index in [0.717, 1.165) is 25.7 Å². The van der Waals surface area contributed by atoms with Gasteiger partial charge in [-0.1, -0.05) is 404 Å². The zero-order valence-electron chi connectivity index (χ0n) is 79.8. The second kappa shape index (κ2) is 113. The highest BCUT2D eigenvalue weighted by Gasteiger charge is 2.73. The number of aliphatic hydroxyl groups is 4. The molecule has 0 radical (unpaired) electrons. The molecule has 0 heterocycles. The first-order chi connectivity index (χ1) is 46.7. The molecule has 8 heteroatoms. The zero-order valence-corrected chi connectivity index (χ0v) is 79.8. The highest BCUT2D eigenvalue weighted by atomic mass is 16.6. The number of esters is 2. The van der Waals surface area contributed by atoms with E-state index >= 15 is 0 Å². The van der Waals surface area contributed by atoms with Gasteiger partial charge in [0.15, 0.2) is 0 Å². The van der Waals surface area contributed by atoms with Gasteiger partial charge in [0.05, 0.1) is 30.8 Å². The fourth-order valence-electron chi connectivity index (χ4n) is 11.9. The normalized spacial score (nSPS) is 24.9. The molecule has 97 heavy (non-hydrogen) atoms. The van der Waals surface area contributed by atoms with Crippen molar-refractivity contribution in [3.63, 3.8) is 0 Å². The molecule has 612 valence electrons. The van der Waals surface area contributed by atoms with Crippen molar-refractivity contribution in [3.8, 4) is 0 Å². The summed E-state index contributed by atoms with van der Waals surface area (Å²) in [5, 5.41) is 46.9. The minimum atomic E-state index is -1.26. The molecule has 5 aliphatic carbocycles. The van der Waals surface area contributed by atoms with Crippen LogP contribution >= 0.6 is 0 Å². The second-order valence-corrected chi connectivity index (χ2v) is 18.6. The molecular weight excluding hydrogens is 1200 g/mol. The molecule has 0 amide bonds. The molecule has 0 aromatic carbocycles. The highest BCUT2D eigenvalue weighted by molar-refractivity contribution is 5.88. The predicted molar refractivity (Wildman–Crippen MR) is 461 cm³/mol. The fraction of sp³-hybridized carbons (Fsp3) is 0.910. The predicted octanol–water partition coefficient (Wildman–Crippen LogP) is 31.1. The maximum absolute atomic E-state index is 12.9. The third kappa shape index (κ3) is 49.3. The molecule has 0 spiro atoms. The molecule has 4 saturated carbocycles. The van der Waals surface area contributed by atoms with E-state index in [-0.39, 0.29) is 41.2 Å². The van der Waals surface area contributed by atoms with Crippen LogP contribution in [0.3, 0.4) is 0 Å². The van der Waals surface area contributed by atoms with Crippen LogP contribution in [0.15, 0.2) is 34.9 Å². The minimum absolute atomic E-state index is 0.139. The Morgan fingerprint density at radius 1 is 0.464 bits per heavy atom. The molecule has 5 aliphatic rings. The van der Waals surface area contributed by atoms with Crippen LogP contribution in [0.1, 0.15) is 453 Å². The van der Waals surface area contributed by atoms with E-state index in [1.165, 1.54) is 12.0 Å². The molecule has 0 aromatic rings. The summed E-state index contributed by atoms with van der Waals surface area (Å²) in [6.45, 7) is 116. The third-order valence-corrected chi connectivity index (χ3v) is 15.4. The fourth-order valence-corrected chi connectivity index (χ4v) is 11.9. The summed E-state index contributed by atoms with van der Waals surface area (Å²) < 4.78 is 11.8. The van der Waals surface area contributed by atoms with E-state index in [1.54, 1.807) is 32.9 Å². The van der Waals surface area contributed by atoms with Crippen LogP contribution in [-0.2, 0) is 19.1 Å². The molecule has 4 fully saturated rings. The van der Waals surface area contributed by atoms with Crippen molar-refractivity contribution in [2.75, 3.05) is 13.2 Å². The number of allylic oxidation sites excluding steroid dienone is 4. The number of rotatable bonds is 6. The van der Waals surface area contributed by atoms with Crippen LogP contribution in [0.4, 0.5) is 0 Å². The smallest absolute Gasteiger partial charge is 0.333 e. The van der Waals surface area contributed by atoms with Crippen molar-refractivity contribution < 1.29 is 39.5 Å². The van der Waals surface area contributed by atoms with Crippen molar-refractivity contribution in [2.45, 2.75) is 477 Å². The largest absolute Gasteiger partial charge is 0.462 e. The Bertz CT molecular complexity index is 1420. The summed E-state index contributed by atoms with van der Waals surface area (Å²) >= 11 is 0. The van der Waals surface area contributed by atoms with Crippen molar-refractivity contribution in [1.29, 1.82) is 0 Å².